The first-order valence-electron chi connectivity index (χ1n) is 45.2. The van der Waals surface area contributed by atoms with Crippen molar-refractivity contribution in [2.75, 3.05) is 99.1 Å². The van der Waals surface area contributed by atoms with Crippen molar-refractivity contribution in [1.82, 2.24) is 0 Å². The van der Waals surface area contributed by atoms with Crippen molar-refractivity contribution in [3.8, 4) is 0 Å². The smallest absolute Gasteiger partial charge is 0.121 e. The Morgan fingerprint density at radius 3 is 0.746 bits per heavy atom. The first kappa shape index (κ1) is 142. The molecule has 27 unspecified atom stereocenters. The third kappa shape index (κ3) is 46.8. The molecule has 37 heteroatoms. The van der Waals surface area contributed by atoms with Crippen molar-refractivity contribution >= 4 is 0 Å². The van der Waals surface area contributed by atoms with E-state index in [1.165, 1.54) is 0 Å². The van der Waals surface area contributed by atoms with Gasteiger partial charge in [-0.3, -0.25) is 0 Å². The summed E-state index contributed by atoms with van der Waals surface area (Å²) >= 11 is 0. The fraction of sp³-hybridized carbons (Fsp3) is 1.00. The van der Waals surface area contributed by atoms with Gasteiger partial charge in [-0.05, 0) is 117 Å². The first-order chi connectivity index (χ1) is 57.9. The number of hydrogen-bond acceptors (Lipinski definition) is 37. The molecule has 37 N–H and O–H groups in total. The van der Waals surface area contributed by atoms with E-state index in [4.69, 9.17) is 61.3 Å². The molecule has 0 aliphatic rings. The van der Waals surface area contributed by atoms with Crippen molar-refractivity contribution in [1.29, 1.82) is 0 Å². The van der Waals surface area contributed by atoms with E-state index in [0.29, 0.717) is 44.9 Å². The zero-order valence-electron chi connectivity index (χ0n) is 81.6. The number of aliphatic hydroxyl groups excluding tert-OH is 32. The van der Waals surface area contributed by atoms with Crippen molar-refractivity contribution in [2.24, 2.45) is 93.7 Å². The SMILES string of the molecule is CC(C)CC(O)(C(O)CO)C(O)CO.CCC(O)(CO)C(C(C)C)C(O)CO.CCC(O)(CO)C(O)C(CO)C(C)C.CCC(O)C(CO)(C(C)C)C(O)CO.CCC(O)C(O)(CC(C)C)C(O)CO.CCC(O)C(O)(CO)C(CO)C(C)C.CCC(O)C(O)C(C(C)C)C(O)CO.CCC(O)C(O)C(C(C)C)C(O)CO.CCC(O)C(O)C(CO)(CO)C(C)C. The molecule has 0 radical (unpaired) electrons. The predicted molar refractivity (Wildman–Crippen MR) is 481 cm³/mol. The van der Waals surface area contributed by atoms with E-state index in [1.54, 1.807) is 83.1 Å². The summed E-state index contributed by atoms with van der Waals surface area (Å²) in [5.41, 5.74) is -9.90. The van der Waals surface area contributed by atoms with Gasteiger partial charge in [-0.15, -0.1) is 0 Å². The highest BCUT2D eigenvalue weighted by molar-refractivity contribution is 4.99. The minimum atomic E-state index is -1.85. The summed E-state index contributed by atoms with van der Waals surface area (Å²) in [4.78, 5) is 0. The second-order valence-electron chi connectivity index (χ2n) is 36.8. The normalized spacial score (nSPS) is 20.2. The van der Waals surface area contributed by atoms with E-state index >= 15 is 0 Å². The molecule has 0 aromatic heterocycles. The van der Waals surface area contributed by atoms with E-state index < -0.39 is 238 Å². The minimum absolute atomic E-state index is 0.00153. The van der Waals surface area contributed by atoms with Crippen LogP contribution >= 0.6 is 0 Å². The lowest BCUT2D eigenvalue weighted by atomic mass is 9.68. The summed E-state index contributed by atoms with van der Waals surface area (Å²) in [5.74, 6) is -2.39. The lowest BCUT2D eigenvalue weighted by Crippen LogP contribution is -2.55. The van der Waals surface area contributed by atoms with Gasteiger partial charge in [-0.1, -0.05) is 180 Å². The molecule has 0 aromatic rings. The molecule has 0 aromatic carbocycles. The Morgan fingerprint density at radius 1 is 0.238 bits per heavy atom. The average Bonchev–Trinajstić information content (AvgIpc) is 0.800. The monoisotopic (exact) mass is 1860 g/mol. The highest BCUT2D eigenvalue weighted by Crippen LogP contribution is 2.39. The van der Waals surface area contributed by atoms with Gasteiger partial charge >= 0.3 is 0 Å². The number of hydrogen-bond donors (Lipinski definition) is 37. The Labute approximate surface area is 754 Å². The van der Waals surface area contributed by atoms with Crippen LogP contribution < -0.4 is 0 Å². The summed E-state index contributed by atoms with van der Waals surface area (Å²) in [6.45, 7) is 40.7. The Kier molecular flexibility index (Phi) is 83.4. The van der Waals surface area contributed by atoms with Gasteiger partial charge in [0, 0.05) is 53.6 Å². The fourth-order valence-electron chi connectivity index (χ4n) is 15.2. The first-order valence-corrected chi connectivity index (χ1v) is 45.2. The fourth-order valence-corrected chi connectivity index (χ4v) is 15.2. The van der Waals surface area contributed by atoms with E-state index in [-0.39, 0.29) is 106 Å². The number of rotatable bonds is 54. The van der Waals surface area contributed by atoms with Crippen molar-refractivity contribution in [3.63, 3.8) is 0 Å². The van der Waals surface area contributed by atoms with Crippen molar-refractivity contribution in [3.05, 3.63) is 0 Å². The summed E-state index contributed by atoms with van der Waals surface area (Å²) in [6.07, 6.45) is -14.4. The van der Waals surface area contributed by atoms with Gasteiger partial charge in [-0.25, -0.2) is 0 Å². The lowest BCUT2D eigenvalue weighted by Gasteiger charge is -2.42. The summed E-state index contributed by atoms with van der Waals surface area (Å²) in [5, 5.41) is 348. The Balaban J connectivity index is -0.000000175. The molecule has 0 aliphatic heterocycles. The zero-order chi connectivity index (χ0) is 102. The molecule has 0 bridgehead atoms. The van der Waals surface area contributed by atoms with E-state index in [1.807, 2.05) is 96.9 Å². The van der Waals surface area contributed by atoms with Crippen LogP contribution in [0.2, 0.25) is 0 Å². The van der Waals surface area contributed by atoms with Gasteiger partial charge in [0.15, 0.2) is 0 Å². The van der Waals surface area contributed by atoms with Crippen LogP contribution in [-0.2, 0) is 0 Å². The second-order valence-corrected chi connectivity index (χ2v) is 36.8. The van der Waals surface area contributed by atoms with Crippen LogP contribution in [0.25, 0.3) is 0 Å². The molecule has 0 rings (SSSR count). The lowest BCUT2D eigenvalue weighted by molar-refractivity contribution is -0.175. The van der Waals surface area contributed by atoms with Gasteiger partial charge in [-0.2, -0.15) is 0 Å². The van der Waals surface area contributed by atoms with Gasteiger partial charge < -0.3 is 189 Å². The molecule has 0 aliphatic carbocycles. The Hall–Kier alpha value is -1.48. The molecule has 0 amide bonds. The summed E-state index contributed by atoms with van der Waals surface area (Å²) in [6, 6.07) is 0. The third-order valence-electron chi connectivity index (χ3n) is 24.8. The van der Waals surface area contributed by atoms with Crippen LogP contribution in [0.5, 0.6) is 0 Å². The highest BCUT2D eigenvalue weighted by Gasteiger charge is 2.49. The topological polar surface area (TPSA) is 749 Å². The Bertz CT molecular complexity index is 2280. The maximum Gasteiger partial charge on any atom is 0.121 e. The molecule has 27 atom stereocenters. The summed E-state index contributed by atoms with van der Waals surface area (Å²) in [7, 11) is 0. The van der Waals surface area contributed by atoms with Gasteiger partial charge in [0.25, 0.3) is 0 Å². The van der Waals surface area contributed by atoms with Crippen LogP contribution in [0.1, 0.15) is 244 Å². The predicted octanol–water partition coefficient (Wildman–Crippen LogP) is -3.43. The van der Waals surface area contributed by atoms with Crippen molar-refractivity contribution < 1.29 is 189 Å². The molecular weight excluding hydrogens is 1660 g/mol. The zero-order valence-corrected chi connectivity index (χ0v) is 81.6. The molecule has 0 spiro atoms. The van der Waals surface area contributed by atoms with Crippen molar-refractivity contribution in [2.45, 2.75) is 376 Å². The quantitative estimate of drug-likeness (QED) is 0.0282. The average molecular weight is 1860 g/mol. The number of aliphatic hydroxyl groups is 37. The molecule has 37 nitrogen and oxygen atoms in total. The van der Waals surface area contributed by atoms with Crippen LogP contribution in [0, 0.1) is 93.7 Å². The van der Waals surface area contributed by atoms with Crippen LogP contribution in [0.15, 0.2) is 0 Å². The standard InChI is InChI=1S/8C10H22O4.C9H20O5/c1-4-10(14,6-12)9(7(2)3)8(13)5-11;1-4-10(14,6-12)9(13)8(5-11)7(2)3;1-4-9(13)10(14,6-12)8(5-11)7(2)3;1-4-8(13)9(14)10(5-11,6-12)7(2)3;1-4-8(13)10(6-12,7(2)3)9(14)5-11;1-4-8(12)10(14,5-7(2)3)9(13)6-11;2*1-4-7(12)10(14)9(6(2)3)8(13)5-11;1-6(2)3-9(14,7(12)4-10)8(13)5-11/h6*7-9,11-14H,4-6H2,1-3H3;2*6-14H,4-5H2,1-3H3;6-8,10-14H,3-5H2,1-2H3. The summed E-state index contributed by atoms with van der Waals surface area (Å²) < 4.78 is 0. The van der Waals surface area contributed by atoms with E-state index in [0.717, 1.165) is 0 Å². The maximum atomic E-state index is 10.1. The second kappa shape index (κ2) is 73.8. The Morgan fingerprint density at radius 2 is 0.556 bits per heavy atom. The van der Waals surface area contributed by atoms with Crippen LogP contribution in [-0.4, -0.2) is 420 Å². The maximum absolute atomic E-state index is 10.1. The molecule has 0 fully saturated rings. The molecule has 774 valence electrons. The van der Waals surface area contributed by atoms with E-state index in [2.05, 4.69) is 0 Å². The van der Waals surface area contributed by atoms with Crippen LogP contribution in [0.3, 0.4) is 0 Å². The third-order valence-corrected chi connectivity index (χ3v) is 24.8. The largest absolute Gasteiger partial charge is 0.396 e. The van der Waals surface area contributed by atoms with E-state index in [9.17, 15) is 128 Å². The van der Waals surface area contributed by atoms with Gasteiger partial charge in [0.2, 0.25) is 0 Å². The molecule has 126 heavy (non-hydrogen) atoms. The molecule has 0 saturated heterocycles. The van der Waals surface area contributed by atoms with Gasteiger partial charge in [0.1, 0.15) is 40.7 Å². The molecule has 0 saturated carbocycles. The molecular formula is C89H196O37. The van der Waals surface area contributed by atoms with Crippen LogP contribution in [0.4, 0.5) is 0 Å². The highest BCUT2D eigenvalue weighted by atomic mass is 16.4. The minimum Gasteiger partial charge on any atom is -0.396 e. The molecule has 0 heterocycles. The van der Waals surface area contributed by atoms with Gasteiger partial charge in [0.05, 0.1) is 177 Å².